The molecule has 0 aliphatic heterocycles. The van der Waals surface area contributed by atoms with E-state index < -0.39 is 0 Å². The maximum Gasteiger partial charge on any atom is 0.0540 e. The lowest BCUT2D eigenvalue weighted by Gasteiger charge is -2.37. The second-order valence-corrected chi connectivity index (χ2v) is 9.51. The fraction of sp³-hybridized carbons (Fsp3) is 1.00. The van der Waals surface area contributed by atoms with Crippen molar-refractivity contribution in [2.75, 3.05) is 0 Å². The van der Waals surface area contributed by atoms with Crippen LogP contribution in [0, 0.1) is 11.8 Å². The molecule has 1 aliphatic carbocycles. The summed E-state index contributed by atoms with van der Waals surface area (Å²) in [6.07, 6.45) is 22.7. The van der Waals surface area contributed by atoms with E-state index in [4.69, 9.17) is 5.73 Å². The van der Waals surface area contributed by atoms with E-state index in [1.54, 1.807) is 0 Å². The summed E-state index contributed by atoms with van der Waals surface area (Å²) in [6, 6.07) is 0. The summed E-state index contributed by atoms with van der Waals surface area (Å²) in [7, 11) is 0. The zero-order valence-electron chi connectivity index (χ0n) is 19.0. The summed E-state index contributed by atoms with van der Waals surface area (Å²) in [5.74, 6) is 1.51. The Morgan fingerprint density at radius 2 is 1.48 bits per heavy atom. The van der Waals surface area contributed by atoms with Gasteiger partial charge in [-0.15, -0.1) is 0 Å². The van der Waals surface area contributed by atoms with Crippen molar-refractivity contribution in [2.24, 2.45) is 17.6 Å². The lowest BCUT2D eigenvalue weighted by molar-refractivity contribution is 0.122. The zero-order valence-corrected chi connectivity index (χ0v) is 19.0. The summed E-state index contributed by atoms with van der Waals surface area (Å²) < 4.78 is 0. The van der Waals surface area contributed by atoms with Crippen molar-refractivity contribution in [1.29, 1.82) is 0 Å². The van der Waals surface area contributed by atoms with E-state index in [-0.39, 0.29) is 11.6 Å². The average molecular weight is 382 g/mol. The van der Waals surface area contributed by atoms with E-state index in [0.717, 1.165) is 38.0 Å². The Bertz CT molecular complexity index is 333. The van der Waals surface area contributed by atoms with Gasteiger partial charge in [-0.25, -0.2) is 0 Å². The molecule has 0 aromatic carbocycles. The Labute approximate surface area is 171 Å². The molecule has 2 heteroatoms. The number of rotatable bonds is 16. The van der Waals surface area contributed by atoms with Crippen molar-refractivity contribution >= 4 is 0 Å². The minimum atomic E-state index is -0.117. The van der Waals surface area contributed by atoms with Crippen LogP contribution in [0.15, 0.2) is 0 Å². The summed E-state index contributed by atoms with van der Waals surface area (Å²) in [6.45, 7) is 6.76. The molecule has 0 aromatic rings. The Kier molecular flexibility index (Phi) is 13.7. The highest BCUT2D eigenvalue weighted by atomic mass is 16.3. The van der Waals surface area contributed by atoms with Crippen molar-refractivity contribution in [3.8, 4) is 0 Å². The predicted octanol–water partition coefficient (Wildman–Crippen LogP) is 7.37. The van der Waals surface area contributed by atoms with Gasteiger partial charge in [0, 0.05) is 5.54 Å². The van der Waals surface area contributed by atoms with E-state index in [9.17, 15) is 5.11 Å². The number of hydrogen-bond acceptors (Lipinski definition) is 2. The van der Waals surface area contributed by atoms with Crippen LogP contribution in [0.1, 0.15) is 136 Å². The first-order valence-electron chi connectivity index (χ1n) is 12.5. The standard InChI is InChI=1S/C25H51NO/c1-4-7-8-9-13-18-23(25(26,5-2)6-3)20-21-24(27)19-14-17-22-15-11-10-12-16-22/h22-24,27H,4-21,26H2,1-3H3. The molecular formula is C25H51NO. The Balaban J connectivity index is 2.32. The third-order valence-electron chi connectivity index (χ3n) is 7.51. The number of unbranched alkanes of at least 4 members (excludes halogenated alkanes) is 4. The third kappa shape index (κ3) is 10.3. The van der Waals surface area contributed by atoms with E-state index >= 15 is 0 Å². The topological polar surface area (TPSA) is 46.2 Å². The highest BCUT2D eigenvalue weighted by Gasteiger charge is 2.31. The first-order chi connectivity index (χ1) is 13.1. The highest BCUT2D eigenvalue weighted by Crippen LogP contribution is 2.33. The third-order valence-corrected chi connectivity index (χ3v) is 7.51. The van der Waals surface area contributed by atoms with Gasteiger partial charge in [-0.05, 0) is 50.4 Å². The summed E-state index contributed by atoms with van der Waals surface area (Å²) in [5, 5.41) is 10.5. The summed E-state index contributed by atoms with van der Waals surface area (Å²) in [5.41, 5.74) is 6.75. The second kappa shape index (κ2) is 14.9. The molecule has 1 fully saturated rings. The van der Waals surface area contributed by atoms with Crippen LogP contribution in [-0.2, 0) is 0 Å². The monoisotopic (exact) mass is 381 g/mol. The average Bonchev–Trinajstić information content (AvgIpc) is 2.70. The van der Waals surface area contributed by atoms with Gasteiger partial charge in [0.1, 0.15) is 0 Å². The van der Waals surface area contributed by atoms with Crippen LogP contribution in [-0.4, -0.2) is 16.7 Å². The van der Waals surface area contributed by atoms with Crippen molar-refractivity contribution < 1.29 is 5.11 Å². The van der Waals surface area contributed by atoms with Crippen LogP contribution in [0.5, 0.6) is 0 Å². The second-order valence-electron chi connectivity index (χ2n) is 9.51. The molecule has 3 N–H and O–H groups in total. The summed E-state index contributed by atoms with van der Waals surface area (Å²) >= 11 is 0. The van der Waals surface area contributed by atoms with E-state index in [1.165, 1.54) is 83.5 Å². The van der Waals surface area contributed by atoms with Crippen LogP contribution in [0.25, 0.3) is 0 Å². The number of aliphatic hydroxyl groups is 1. The molecule has 0 saturated heterocycles. The molecular weight excluding hydrogens is 330 g/mol. The smallest absolute Gasteiger partial charge is 0.0540 e. The van der Waals surface area contributed by atoms with Crippen molar-refractivity contribution in [1.82, 2.24) is 0 Å². The Morgan fingerprint density at radius 1 is 0.815 bits per heavy atom. The van der Waals surface area contributed by atoms with E-state index in [2.05, 4.69) is 20.8 Å². The molecule has 27 heavy (non-hydrogen) atoms. The molecule has 1 saturated carbocycles. The van der Waals surface area contributed by atoms with E-state index in [1.807, 2.05) is 0 Å². The Morgan fingerprint density at radius 3 is 2.11 bits per heavy atom. The van der Waals surface area contributed by atoms with Gasteiger partial charge in [-0.1, -0.05) is 97.8 Å². The molecule has 162 valence electrons. The number of hydrogen-bond donors (Lipinski definition) is 2. The van der Waals surface area contributed by atoms with E-state index in [0.29, 0.717) is 5.92 Å². The van der Waals surface area contributed by atoms with Crippen LogP contribution in [0.4, 0.5) is 0 Å². The molecule has 2 unspecified atom stereocenters. The molecule has 1 rings (SSSR count). The molecule has 0 heterocycles. The van der Waals surface area contributed by atoms with Gasteiger partial charge in [0.05, 0.1) is 6.10 Å². The van der Waals surface area contributed by atoms with Crippen molar-refractivity contribution in [3.05, 3.63) is 0 Å². The van der Waals surface area contributed by atoms with Crippen LogP contribution < -0.4 is 5.73 Å². The maximum atomic E-state index is 10.5. The van der Waals surface area contributed by atoms with Gasteiger partial charge in [-0.3, -0.25) is 0 Å². The van der Waals surface area contributed by atoms with Gasteiger partial charge >= 0.3 is 0 Å². The van der Waals surface area contributed by atoms with Crippen molar-refractivity contribution in [2.45, 2.75) is 148 Å². The molecule has 1 aliphatic rings. The molecule has 0 spiro atoms. The van der Waals surface area contributed by atoms with Crippen LogP contribution in [0.3, 0.4) is 0 Å². The molecule has 0 radical (unpaired) electrons. The lowest BCUT2D eigenvalue weighted by Crippen LogP contribution is -2.46. The molecule has 2 nitrogen and oxygen atoms in total. The lowest BCUT2D eigenvalue weighted by atomic mass is 9.74. The van der Waals surface area contributed by atoms with Crippen molar-refractivity contribution in [3.63, 3.8) is 0 Å². The van der Waals surface area contributed by atoms with Gasteiger partial charge in [0.25, 0.3) is 0 Å². The van der Waals surface area contributed by atoms with Crippen LogP contribution in [0.2, 0.25) is 0 Å². The van der Waals surface area contributed by atoms with Gasteiger partial charge in [0.2, 0.25) is 0 Å². The fourth-order valence-corrected chi connectivity index (χ4v) is 5.20. The predicted molar refractivity (Wildman–Crippen MR) is 120 cm³/mol. The number of nitrogens with two attached hydrogens (primary N) is 1. The molecule has 0 aromatic heterocycles. The molecule has 0 amide bonds. The van der Waals surface area contributed by atoms with Gasteiger partial charge in [-0.2, -0.15) is 0 Å². The number of aliphatic hydroxyl groups excluding tert-OH is 1. The quantitative estimate of drug-likeness (QED) is 0.274. The minimum Gasteiger partial charge on any atom is -0.393 e. The van der Waals surface area contributed by atoms with Crippen LogP contribution >= 0.6 is 0 Å². The zero-order chi connectivity index (χ0) is 20.0. The maximum absolute atomic E-state index is 10.5. The Hall–Kier alpha value is -0.0800. The van der Waals surface area contributed by atoms with Gasteiger partial charge < -0.3 is 10.8 Å². The summed E-state index contributed by atoms with van der Waals surface area (Å²) in [4.78, 5) is 0. The normalized spacial score (nSPS) is 18.6. The molecule has 0 bridgehead atoms. The molecule has 2 atom stereocenters. The first-order valence-corrected chi connectivity index (χ1v) is 12.5. The fourth-order valence-electron chi connectivity index (χ4n) is 5.20. The first kappa shape index (κ1) is 25.0. The largest absolute Gasteiger partial charge is 0.393 e. The highest BCUT2D eigenvalue weighted by molar-refractivity contribution is 4.89. The SMILES string of the molecule is CCCCCCCC(CCC(O)CCCC1CCCCC1)C(N)(CC)CC. The van der Waals surface area contributed by atoms with Gasteiger partial charge in [0.15, 0.2) is 0 Å². The minimum absolute atomic E-state index is 0.0351.